The van der Waals surface area contributed by atoms with E-state index in [1.165, 1.54) is 0 Å². The maximum absolute atomic E-state index is 12.0. The Morgan fingerprint density at radius 2 is 2.00 bits per heavy atom. The second-order valence-electron chi connectivity index (χ2n) is 4.70. The second-order valence-corrected chi connectivity index (χ2v) is 4.70. The van der Waals surface area contributed by atoms with Crippen LogP contribution in [0.15, 0.2) is 48.7 Å². The van der Waals surface area contributed by atoms with Crippen LogP contribution < -0.4 is 10.6 Å². The van der Waals surface area contributed by atoms with Gasteiger partial charge in [-0.05, 0) is 30.7 Å². The molecule has 4 nitrogen and oxygen atoms in total. The Bertz CT molecular complexity index is 720. The Hall–Kier alpha value is -2.75. The highest BCUT2D eigenvalue weighted by Gasteiger charge is 2.25. The molecule has 0 atom stereocenters. The van der Waals surface area contributed by atoms with Gasteiger partial charge in [-0.1, -0.05) is 18.2 Å². The van der Waals surface area contributed by atoms with Crippen LogP contribution in [-0.2, 0) is 4.79 Å². The van der Waals surface area contributed by atoms with Crippen molar-refractivity contribution in [1.82, 2.24) is 0 Å². The van der Waals surface area contributed by atoms with Gasteiger partial charge in [0.15, 0.2) is 0 Å². The van der Waals surface area contributed by atoms with E-state index in [0.29, 0.717) is 5.57 Å². The van der Waals surface area contributed by atoms with Crippen molar-refractivity contribution in [3.8, 4) is 5.75 Å². The van der Waals surface area contributed by atoms with Gasteiger partial charge in [-0.2, -0.15) is 0 Å². The number of hydrogen-bond donors (Lipinski definition) is 3. The van der Waals surface area contributed by atoms with Crippen molar-refractivity contribution in [3.05, 3.63) is 59.8 Å². The average molecular weight is 266 g/mol. The molecule has 0 aromatic heterocycles. The van der Waals surface area contributed by atoms with E-state index in [0.717, 1.165) is 22.5 Å². The molecule has 0 radical (unpaired) electrons. The molecule has 0 saturated carbocycles. The molecule has 2 aromatic rings. The van der Waals surface area contributed by atoms with E-state index >= 15 is 0 Å². The molecular formula is C16H14N2O2. The lowest BCUT2D eigenvalue weighted by molar-refractivity contribution is -0.110. The highest BCUT2D eigenvalue weighted by atomic mass is 16.3. The minimum Gasteiger partial charge on any atom is -0.508 e. The summed E-state index contributed by atoms with van der Waals surface area (Å²) in [6.45, 7) is 1.97. The van der Waals surface area contributed by atoms with Crippen molar-refractivity contribution in [1.29, 1.82) is 0 Å². The molecule has 1 amide bonds. The molecule has 3 N–H and O–H groups in total. The summed E-state index contributed by atoms with van der Waals surface area (Å²) in [4.78, 5) is 12.0. The standard InChI is InChI=1S/C16H14N2O2/c1-10-4-2-7-14-15(10)13(16(20)18-14)9-17-11-5-3-6-12(19)8-11/h2-9,17,19H,1H3,(H,18,20)/b13-9+. The van der Waals surface area contributed by atoms with Gasteiger partial charge >= 0.3 is 0 Å². The van der Waals surface area contributed by atoms with Gasteiger partial charge < -0.3 is 15.7 Å². The number of carbonyl (C=O) groups excluding carboxylic acids is 1. The fraction of sp³-hybridized carbons (Fsp3) is 0.0625. The van der Waals surface area contributed by atoms with Crippen molar-refractivity contribution < 1.29 is 9.90 Å². The minimum absolute atomic E-state index is 0.123. The monoisotopic (exact) mass is 266 g/mol. The Morgan fingerprint density at radius 1 is 1.20 bits per heavy atom. The predicted octanol–water partition coefficient (Wildman–Crippen LogP) is 3.11. The molecule has 4 heteroatoms. The van der Waals surface area contributed by atoms with Crippen LogP contribution >= 0.6 is 0 Å². The fourth-order valence-electron chi connectivity index (χ4n) is 2.32. The number of fused-ring (bicyclic) bond motifs is 1. The van der Waals surface area contributed by atoms with Gasteiger partial charge in [0.25, 0.3) is 5.91 Å². The SMILES string of the molecule is Cc1cccc2c1/C(=C\Nc1cccc(O)c1)C(=O)N2. The molecule has 1 heterocycles. The molecule has 0 spiro atoms. The number of amides is 1. The normalized spacial score (nSPS) is 15.1. The maximum atomic E-state index is 12.0. The zero-order valence-electron chi connectivity index (χ0n) is 11.0. The van der Waals surface area contributed by atoms with E-state index < -0.39 is 0 Å². The number of aryl methyl sites for hydroxylation is 1. The number of anilines is 2. The van der Waals surface area contributed by atoms with Crippen molar-refractivity contribution in [2.45, 2.75) is 6.92 Å². The van der Waals surface area contributed by atoms with Crippen LogP contribution in [0.3, 0.4) is 0 Å². The topological polar surface area (TPSA) is 61.4 Å². The number of phenolic OH excluding ortho intramolecular Hbond substituents is 1. The van der Waals surface area contributed by atoms with E-state index in [1.807, 2.05) is 31.2 Å². The Morgan fingerprint density at radius 3 is 2.80 bits per heavy atom. The quantitative estimate of drug-likeness (QED) is 0.732. The number of carbonyl (C=O) groups is 1. The van der Waals surface area contributed by atoms with E-state index in [-0.39, 0.29) is 11.7 Å². The number of benzene rings is 2. The lowest BCUT2D eigenvalue weighted by Crippen LogP contribution is -2.05. The molecule has 1 aliphatic heterocycles. The smallest absolute Gasteiger partial charge is 0.257 e. The third kappa shape index (κ3) is 2.12. The first-order chi connectivity index (χ1) is 9.65. The predicted molar refractivity (Wildman–Crippen MR) is 79.5 cm³/mol. The summed E-state index contributed by atoms with van der Waals surface area (Å²) in [5.41, 5.74) is 4.13. The lowest BCUT2D eigenvalue weighted by atomic mass is 10.0. The minimum atomic E-state index is -0.123. The molecule has 0 aliphatic carbocycles. The summed E-state index contributed by atoms with van der Waals surface area (Å²) >= 11 is 0. The molecule has 0 unspecified atom stereocenters. The molecule has 3 rings (SSSR count). The van der Waals surface area contributed by atoms with Crippen LogP contribution in [0.5, 0.6) is 5.75 Å². The molecule has 0 bridgehead atoms. The number of phenols is 1. The van der Waals surface area contributed by atoms with Crippen LogP contribution in [0.1, 0.15) is 11.1 Å². The van der Waals surface area contributed by atoms with Crippen LogP contribution in [0.4, 0.5) is 11.4 Å². The Labute approximate surface area is 116 Å². The van der Waals surface area contributed by atoms with Gasteiger partial charge in [0.05, 0.1) is 5.57 Å². The third-order valence-corrected chi connectivity index (χ3v) is 3.26. The highest BCUT2D eigenvalue weighted by Crippen LogP contribution is 2.34. The molecule has 1 aliphatic rings. The third-order valence-electron chi connectivity index (χ3n) is 3.26. The largest absolute Gasteiger partial charge is 0.508 e. The molecule has 2 aromatic carbocycles. The van der Waals surface area contributed by atoms with Crippen molar-refractivity contribution in [3.63, 3.8) is 0 Å². The maximum Gasteiger partial charge on any atom is 0.257 e. The van der Waals surface area contributed by atoms with Gasteiger partial charge in [0.1, 0.15) is 5.75 Å². The summed E-state index contributed by atoms with van der Waals surface area (Å²) in [5.74, 6) is 0.0582. The first kappa shape index (κ1) is 12.3. The zero-order valence-corrected chi connectivity index (χ0v) is 11.0. The second kappa shape index (κ2) is 4.74. The van der Waals surface area contributed by atoms with E-state index in [4.69, 9.17) is 0 Å². The van der Waals surface area contributed by atoms with Gasteiger partial charge in [-0.3, -0.25) is 4.79 Å². The van der Waals surface area contributed by atoms with Gasteiger partial charge in [0, 0.05) is 29.2 Å². The molecular weight excluding hydrogens is 252 g/mol. The van der Waals surface area contributed by atoms with Gasteiger partial charge in [-0.15, -0.1) is 0 Å². The summed E-state index contributed by atoms with van der Waals surface area (Å²) in [6.07, 6.45) is 1.67. The Kier molecular flexibility index (Phi) is 2.91. The van der Waals surface area contributed by atoms with Crippen LogP contribution in [0, 0.1) is 6.92 Å². The number of hydrogen-bond acceptors (Lipinski definition) is 3. The zero-order chi connectivity index (χ0) is 14.1. The number of rotatable bonds is 2. The molecule has 0 fully saturated rings. The van der Waals surface area contributed by atoms with Crippen molar-refractivity contribution in [2.24, 2.45) is 0 Å². The van der Waals surface area contributed by atoms with E-state index in [9.17, 15) is 9.90 Å². The van der Waals surface area contributed by atoms with Crippen LogP contribution in [0.25, 0.3) is 5.57 Å². The first-order valence-electron chi connectivity index (χ1n) is 6.32. The number of nitrogens with one attached hydrogen (secondary N) is 2. The fourth-order valence-corrected chi connectivity index (χ4v) is 2.32. The Balaban J connectivity index is 1.95. The van der Waals surface area contributed by atoms with Crippen LogP contribution in [-0.4, -0.2) is 11.0 Å². The molecule has 0 saturated heterocycles. The lowest BCUT2D eigenvalue weighted by Gasteiger charge is -2.05. The summed E-state index contributed by atoms with van der Waals surface area (Å²) in [6, 6.07) is 12.5. The highest BCUT2D eigenvalue weighted by molar-refractivity contribution is 6.32. The summed E-state index contributed by atoms with van der Waals surface area (Å²) in [7, 11) is 0. The molecule has 20 heavy (non-hydrogen) atoms. The first-order valence-corrected chi connectivity index (χ1v) is 6.32. The van der Waals surface area contributed by atoms with Gasteiger partial charge in [-0.25, -0.2) is 0 Å². The van der Waals surface area contributed by atoms with E-state index in [1.54, 1.807) is 24.4 Å². The van der Waals surface area contributed by atoms with Crippen LogP contribution in [0.2, 0.25) is 0 Å². The average Bonchev–Trinajstić information content (AvgIpc) is 2.74. The summed E-state index contributed by atoms with van der Waals surface area (Å²) < 4.78 is 0. The van der Waals surface area contributed by atoms with Crippen molar-refractivity contribution >= 4 is 22.9 Å². The molecule has 100 valence electrons. The van der Waals surface area contributed by atoms with Crippen molar-refractivity contribution in [2.75, 3.05) is 10.6 Å². The number of aromatic hydroxyl groups is 1. The summed E-state index contributed by atoms with van der Waals surface area (Å²) in [5, 5.41) is 15.3. The van der Waals surface area contributed by atoms with E-state index in [2.05, 4.69) is 10.6 Å². The van der Waals surface area contributed by atoms with Gasteiger partial charge in [0.2, 0.25) is 0 Å².